The number of carbonyl (C=O) groups is 2. The van der Waals surface area contributed by atoms with Crippen molar-refractivity contribution < 1.29 is 19.2 Å². The van der Waals surface area contributed by atoms with Gasteiger partial charge in [-0.1, -0.05) is 59.8 Å². The van der Waals surface area contributed by atoms with Crippen molar-refractivity contribution in [3.8, 4) is 22.3 Å². The predicted octanol–water partition coefficient (Wildman–Crippen LogP) is 5.71. The molecule has 0 fully saturated rings. The predicted molar refractivity (Wildman–Crippen MR) is 137 cm³/mol. The van der Waals surface area contributed by atoms with Gasteiger partial charge >= 0.3 is 5.97 Å². The Bertz CT molecular complexity index is 1620. The minimum Gasteiger partial charge on any atom is -0.478 e. The van der Waals surface area contributed by atoms with Crippen LogP contribution in [0.15, 0.2) is 77.4 Å². The molecule has 0 radical (unpaired) electrons. The van der Waals surface area contributed by atoms with Gasteiger partial charge < -0.3 is 20.7 Å². The van der Waals surface area contributed by atoms with E-state index in [0.717, 1.165) is 22.4 Å². The van der Waals surface area contributed by atoms with E-state index in [4.69, 9.17) is 10.3 Å². The summed E-state index contributed by atoms with van der Waals surface area (Å²) in [6, 6.07) is 20.0. The number of para-hydroxylation sites is 1. The molecule has 0 atom stereocenters. The zero-order chi connectivity index (χ0) is 25.4. The van der Waals surface area contributed by atoms with Gasteiger partial charge in [0, 0.05) is 22.7 Å². The van der Waals surface area contributed by atoms with Crippen LogP contribution in [-0.4, -0.2) is 27.1 Å². The van der Waals surface area contributed by atoms with E-state index in [2.05, 4.69) is 15.5 Å². The van der Waals surface area contributed by atoms with Gasteiger partial charge in [-0.05, 0) is 37.1 Å². The Morgan fingerprint density at radius 2 is 1.69 bits per heavy atom. The van der Waals surface area contributed by atoms with Crippen molar-refractivity contribution in [1.29, 1.82) is 0 Å². The lowest BCUT2D eigenvalue weighted by atomic mass is 9.98. The van der Waals surface area contributed by atoms with Gasteiger partial charge in [-0.15, -0.1) is 0 Å². The Hall–Kier alpha value is -4.98. The largest absolute Gasteiger partial charge is 0.478 e. The number of nitrogens with two attached hydrogens (primary N) is 1. The van der Waals surface area contributed by atoms with E-state index in [1.165, 1.54) is 12.3 Å². The van der Waals surface area contributed by atoms with E-state index in [1.54, 1.807) is 6.07 Å². The van der Waals surface area contributed by atoms with E-state index in [0.29, 0.717) is 33.6 Å². The van der Waals surface area contributed by atoms with E-state index in [1.807, 2.05) is 68.4 Å². The lowest BCUT2D eigenvalue weighted by Gasteiger charge is -2.18. The van der Waals surface area contributed by atoms with E-state index in [-0.39, 0.29) is 11.1 Å². The number of carboxylic acids is 1. The molecule has 2 aromatic heterocycles. The number of primary amides is 1. The molecule has 0 unspecified atom stereocenters. The molecule has 5 rings (SSSR count). The number of aromatic carboxylic acids is 1. The highest BCUT2D eigenvalue weighted by Gasteiger charge is 2.21. The first-order chi connectivity index (χ1) is 17.3. The summed E-state index contributed by atoms with van der Waals surface area (Å²) in [7, 11) is 0. The van der Waals surface area contributed by atoms with Crippen LogP contribution in [0.1, 0.15) is 32.2 Å². The molecule has 4 N–H and O–H groups in total. The molecule has 0 aliphatic carbocycles. The van der Waals surface area contributed by atoms with E-state index >= 15 is 0 Å². The average Bonchev–Trinajstić information content (AvgIpc) is 3.21. The molecule has 178 valence electrons. The van der Waals surface area contributed by atoms with Crippen LogP contribution in [0, 0.1) is 13.8 Å². The molecule has 2 heterocycles. The van der Waals surface area contributed by atoms with Crippen molar-refractivity contribution >= 4 is 34.2 Å². The Morgan fingerprint density at radius 1 is 0.917 bits per heavy atom. The molecule has 3 aromatic carbocycles. The quantitative estimate of drug-likeness (QED) is 0.285. The number of pyridine rings is 1. The van der Waals surface area contributed by atoms with Gasteiger partial charge in [0.15, 0.2) is 0 Å². The summed E-state index contributed by atoms with van der Waals surface area (Å²) in [5.41, 5.74) is 11.2. The zero-order valence-corrected chi connectivity index (χ0v) is 19.6. The van der Waals surface area contributed by atoms with Crippen LogP contribution >= 0.6 is 0 Å². The minimum atomic E-state index is -1.10. The summed E-state index contributed by atoms with van der Waals surface area (Å²) in [6.45, 7) is 3.70. The lowest BCUT2D eigenvalue weighted by Crippen LogP contribution is -2.15. The number of aromatic nitrogens is 2. The molecule has 0 spiro atoms. The summed E-state index contributed by atoms with van der Waals surface area (Å²) < 4.78 is 5.31. The fourth-order valence-electron chi connectivity index (χ4n) is 4.41. The van der Waals surface area contributed by atoms with Gasteiger partial charge in [0.05, 0.1) is 33.7 Å². The Labute approximate surface area is 206 Å². The summed E-state index contributed by atoms with van der Waals surface area (Å²) in [4.78, 5) is 29.0. The number of fused-ring (bicyclic) bond motifs is 1. The normalized spacial score (nSPS) is 10.9. The molecule has 8 nitrogen and oxygen atoms in total. The van der Waals surface area contributed by atoms with Crippen LogP contribution in [0.3, 0.4) is 0 Å². The topological polar surface area (TPSA) is 131 Å². The van der Waals surface area contributed by atoms with E-state index in [9.17, 15) is 14.7 Å². The smallest absolute Gasteiger partial charge is 0.337 e. The fraction of sp³-hybridized carbons (Fsp3) is 0.0714. The molecule has 5 aromatic rings. The fourth-order valence-corrected chi connectivity index (χ4v) is 4.41. The second-order valence-electron chi connectivity index (χ2n) is 8.37. The number of benzene rings is 3. The van der Waals surface area contributed by atoms with Crippen molar-refractivity contribution in [2.45, 2.75) is 13.8 Å². The summed E-state index contributed by atoms with van der Waals surface area (Å²) in [5, 5.41) is 17.8. The number of carbonyl (C=O) groups excluding carboxylic acids is 1. The van der Waals surface area contributed by atoms with E-state index < -0.39 is 11.9 Å². The van der Waals surface area contributed by atoms with Gasteiger partial charge in [0.2, 0.25) is 0 Å². The number of aryl methyl sites for hydroxylation is 2. The number of nitrogens with zero attached hydrogens (tertiary/aromatic N) is 2. The molecule has 0 aliphatic heterocycles. The molecule has 0 saturated heterocycles. The first-order valence-corrected chi connectivity index (χ1v) is 11.2. The number of hydrogen-bond donors (Lipinski definition) is 3. The second kappa shape index (κ2) is 8.99. The van der Waals surface area contributed by atoms with Crippen LogP contribution in [-0.2, 0) is 0 Å². The van der Waals surface area contributed by atoms with Crippen molar-refractivity contribution in [1.82, 2.24) is 10.1 Å². The molecule has 0 bridgehead atoms. The number of hydrogen-bond acceptors (Lipinski definition) is 6. The van der Waals surface area contributed by atoms with Crippen LogP contribution in [0.5, 0.6) is 0 Å². The van der Waals surface area contributed by atoms with Gasteiger partial charge in [-0.25, -0.2) is 4.79 Å². The van der Waals surface area contributed by atoms with Crippen molar-refractivity contribution in [3.05, 3.63) is 95.5 Å². The maximum atomic E-state index is 12.4. The van der Waals surface area contributed by atoms with Crippen molar-refractivity contribution in [2.24, 2.45) is 5.73 Å². The minimum absolute atomic E-state index is 0.0593. The summed E-state index contributed by atoms with van der Waals surface area (Å²) in [5.74, 6) is -1.10. The van der Waals surface area contributed by atoms with Gasteiger partial charge in [-0.2, -0.15) is 0 Å². The lowest BCUT2D eigenvalue weighted by molar-refractivity contribution is 0.0697. The van der Waals surface area contributed by atoms with Crippen molar-refractivity contribution in [2.75, 3.05) is 5.32 Å². The Balaban J connectivity index is 1.73. The molecular formula is C28H22N4O4. The summed E-state index contributed by atoms with van der Waals surface area (Å²) >= 11 is 0. The van der Waals surface area contributed by atoms with Gasteiger partial charge in [0.1, 0.15) is 5.76 Å². The third-order valence-electron chi connectivity index (χ3n) is 6.09. The Morgan fingerprint density at radius 3 is 2.36 bits per heavy atom. The van der Waals surface area contributed by atoms with Crippen LogP contribution < -0.4 is 11.1 Å². The monoisotopic (exact) mass is 478 g/mol. The number of amides is 1. The van der Waals surface area contributed by atoms with Crippen LogP contribution in [0.2, 0.25) is 0 Å². The highest BCUT2D eigenvalue weighted by Crippen LogP contribution is 2.38. The average molecular weight is 479 g/mol. The molecule has 36 heavy (non-hydrogen) atoms. The number of anilines is 2. The number of nitrogens with one attached hydrogen (secondary N) is 1. The molecule has 0 saturated carbocycles. The van der Waals surface area contributed by atoms with Gasteiger partial charge in [-0.3, -0.25) is 9.78 Å². The van der Waals surface area contributed by atoms with Gasteiger partial charge in [0.25, 0.3) is 5.91 Å². The molecular weight excluding hydrogens is 456 g/mol. The summed E-state index contributed by atoms with van der Waals surface area (Å²) in [6.07, 6.45) is 1.40. The maximum Gasteiger partial charge on any atom is 0.337 e. The Kier molecular flexibility index (Phi) is 5.69. The highest BCUT2D eigenvalue weighted by atomic mass is 16.5. The molecule has 8 heteroatoms. The third-order valence-corrected chi connectivity index (χ3v) is 6.09. The molecule has 0 aliphatic rings. The number of rotatable bonds is 6. The first-order valence-electron chi connectivity index (χ1n) is 11.2. The third kappa shape index (κ3) is 3.94. The highest BCUT2D eigenvalue weighted by molar-refractivity contribution is 6.10. The maximum absolute atomic E-state index is 12.4. The zero-order valence-electron chi connectivity index (χ0n) is 19.6. The number of carboxylic acid groups (broad SMARTS) is 1. The van der Waals surface area contributed by atoms with Crippen LogP contribution in [0.4, 0.5) is 11.4 Å². The van der Waals surface area contributed by atoms with Crippen LogP contribution in [0.25, 0.3) is 33.2 Å². The molecule has 1 amide bonds. The SMILES string of the molecule is Cc1noc(C)c1-c1ccc2c(Nc3c(C(=O)O)cccc3-c3ccccc3)c(C(N)=O)cnc2c1. The standard InChI is InChI=1S/C28H22N4O4/c1-15-24(16(2)36-32-15)18-11-12-20-23(13-18)30-14-22(27(29)33)26(20)31-25-19(17-7-4-3-5-8-17)9-6-10-21(25)28(34)35/h3-14H,1-2H3,(H2,29,33)(H,30,31)(H,34,35). The second-order valence-corrected chi connectivity index (χ2v) is 8.37. The first kappa shape index (κ1) is 22.8. The van der Waals surface area contributed by atoms with Crippen molar-refractivity contribution in [3.63, 3.8) is 0 Å².